The Morgan fingerprint density at radius 3 is 2.03 bits per heavy atom. The van der Waals surface area contributed by atoms with Crippen molar-refractivity contribution in [3.8, 4) is 6.07 Å². The number of carbonyl (C=O) groups is 2. The van der Waals surface area contributed by atoms with Gasteiger partial charge in [0.25, 0.3) is 0 Å². The van der Waals surface area contributed by atoms with Crippen molar-refractivity contribution in [1.82, 2.24) is 20.4 Å². The Morgan fingerprint density at radius 1 is 0.967 bits per heavy atom. The van der Waals surface area contributed by atoms with E-state index in [-0.39, 0.29) is 28.9 Å². The number of rotatable bonds is 8. The molecular weight excluding hydrogens is 463 g/mol. The number of nitriles is 1. The number of hydrogen-bond donors (Lipinski definition) is 2. The third kappa shape index (κ3) is 6.49. The van der Waals surface area contributed by atoms with Crippen molar-refractivity contribution in [1.29, 1.82) is 5.26 Å². The Kier molecular flexibility index (Phi) is 7.75. The minimum absolute atomic E-state index is 0.153. The molecule has 3 aromatic rings. The predicted octanol–water partition coefficient (Wildman–Crippen LogP) is 3.34. The maximum atomic E-state index is 12.2. The lowest BCUT2D eigenvalue weighted by Crippen LogP contribution is -2.16. The minimum Gasteiger partial charge on any atom is -0.325 e. The number of aromatic nitrogens is 4. The molecule has 0 spiro atoms. The summed E-state index contributed by atoms with van der Waals surface area (Å²) in [4.78, 5) is 24.3. The van der Waals surface area contributed by atoms with Crippen molar-refractivity contribution in [3.05, 3.63) is 33.8 Å². The summed E-state index contributed by atoms with van der Waals surface area (Å²) >= 11 is 5.41. The average molecular weight is 478 g/mol. The zero-order chi connectivity index (χ0) is 21.5. The van der Waals surface area contributed by atoms with E-state index < -0.39 is 0 Å². The second-order valence-electron chi connectivity index (χ2n) is 5.72. The highest BCUT2D eigenvalue weighted by molar-refractivity contribution is 8.01. The van der Waals surface area contributed by atoms with Gasteiger partial charge >= 0.3 is 0 Å². The molecule has 154 valence electrons. The Morgan fingerprint density at radius 2 is 1.53 bits per heavy atom. The second kappa shape index (κ2) is 10.5. The number of carbonyl (C=O) groups excluding carboxylic acids is 2. The van der Waals surface area contributed by atoms with Crippen molar-refractivity contribution in [2.75, 3.05) is 22.1 Å². The number of amides is 2. The zero-order valence-electron chi connectivity index (χ0n) is 15.8. The molecule has 13 heteroatoms. The summed E-state index contributed by atoms with van der Waals surface area (Å²) in [6.07, 6.45) is 0. The number of thioether (sulfide) groups is 2. The number of hydrogen-bond acceptors (Lipinski definition) is 11. The number of anilines is 2. The SMILES string of the molecule is Cc1nnc(SCC(=O)Nc2ccc(NC(=O)CSc3nnc(C)s3)c(C#N)c2)s1. The molecule has 1 aromatic carbocycles. The fourth-order valence-electron chi connectivity index (χ4n) is 2.13. The van der Waals surface area contributed by atoms with E-state index in [0.29, 0.717) is 15.7 Å². The van der Waals surface area contributed by atoms with E-state index in [1.165, 1.54) is 52.3 Å². The van der Waals surface area contributed by atoms with Gasteiger partial charge in [-0.2, -0.15) is 5.26 Å². The molecule has 0 atom stereocenters. The van der Waals surface area contributed by atoms with Crippen LogP contribution in [0, 0.1) is 25.2 Å². The third-order valence-corrected chi connectivity index (χ3v) is 7.31. The van der Waals surface area contributed by atoms with Gasteiger partial charge in [-0.05, 0) is 32.0 Å². The number of benzene rings is 1. The van der Waals surface area contributed by atoms with Crippen LogP contribution in [0.2, 0.25) is 0 Å². The van der Waals surface area contributed by atoms with E-state index in [1.54, 1.807) is 12.1 Å². The van der Waals surface area contributed by atoms with Gasteiger partial charge in [-0.3, -0.25) is 9.59 Å². The first kappa shape index (κ1) is 22.2. The lowest BCUT2D eigenvalue weighted by molar-refractivity contribution is -0.114. The normalized spacial score (nSPS) is 10.4. The average Bonchev–Trinajstić information content (AvgIpc) is 3.33. The molecule has 0 aliphatic rings. The summed E-state index contributed by atoms with van der Waals surface area (Å²) in [6.45, 7) is 3.69. The fraction of sp³-hybridized carbons (Fsp3) is 0.235. The summed E-state index contributed by atoms with van der Waals surface area (Å²) in [5.41, 5.74) is 1.11. The first-order valence-electron chi connectivity index (χ1n) is 8.42. The highest BCUT2D eigenvalue weighted by atomic mass is 32.2. The van der Waals surface area contributed by atoms with Crippen molar-refractivity contribution >= 4 is 69.4 Å². The fourth-order valence-corrected chi connectivity index (χ4v) is 5.37. The van der Waals surface area contributed by atoms with Gasteiger partial charge in [-0.25, -0.2) is 0 Å². The van der Waals surface area contributed by atoms with E-state index in [9.17, 15) is 14.9 Å². The summed E-state index contributed by atoms with van der Waals surface area (Å²) in [5.74, 6) is -0.153. The lowest BCUT2D eigenvalue weighted by Gasteiger charge is -2.09. The molecule has 0 saturated heterocycles. The van der Waals surface area contributed by atoms with Gasteiger partial charge in [-0.15, -0.1) is 20.4 Å². The molecule has 0 unspecified atom stereocenters. The summed E-state index contributed by atoms with van der Waals surface area (Å²) < 4.78 is 1.43. The molecule has 0 bridgehead atoms. The smallest absolute Gasteiger partial charge is 0.234 e. The van der Waals surface area contributed by atoms with E-state index in [2.05, 4.69) is 31.0 Å². The van der Waals surface area contributed by atoms with E-state index in [1.807, 2.05) is 19.9 Å². The quantitative estimate of drug-likeness (QED) is 0.468. The molecule has 30 heavy (non-hydrogen) atoms. The molecule has 0 aliphatic carbocycles. The Balaban J connectivity index is 1.53. The maximum absolute atomic E-state index is 12.2. The van der Waals surface area contributed by atoms with Crippen LogP contribution in [-0.4, -0.2) is 43.7 Å². The standard InChI is InChI=1S/C17H15N7O2S4/c1-9-21-23-16(29-9)27-7-14(25)19-12-3-4-13(11(5-12)6-18)20-15(26)8-28-17-24-22-10(2)30-17/h3-5H,7-8H2,1-2H3,(H,19,25)(H,20,26). The zero-order valence-corrected chi connectivity index (χ0v) is 19.1. The topological polar surface area (TPSA) is 134 Å². The molecule has 2 amide bonds. The van der Waals surface area contributed by atoms with Gasteiger partial charge < -0.3 is 10.6 Å². The molecule has 9 nitrogen and oxygen atoms in total. The summed E-state index contributed by atoms with van der Waals surface area (Å²) in [5, 5.41) is 32.2. The molecule has 0 fully saturated rings. The van der Waals surface area contributed by atoms with Crippen LogP contribution in [0.5, 0.6) is 0 Å². The predicted molar refractivity (Wildman–Crippen MR) is 119 cm³/mol. The van der Waals surface area contributed by atoms with E-state index in [4.69, 9.17) is 0 Å². The minimum atomic E-state index is -0.259. The van der Waals surface area contributed by atoms with Gasteiger partial charge in [0.1, 0.15) is 16.1 Å². The molecule has 0 saturated carbocycles. The molecule has 0 radical (unpaired) electrons. The van der Waals surface area contributed by atoms with Gasteiger partial charge in [-0.1, -0.05) is 46.2 Å². The summed E-state index contributed by atoms with van der Waals surface area (Å²) in [6, 6.07) is 6.78. The first-order valence-corrected chi connectivity index (χ1v) is 12.0. The van der Waals surface area contributed by atoms with Crippen molar-refractivity contribution in [3.63, 3.8) is 0 Å². The van der Waals surface area contributed by atoms with Crippen LogP contribution in [-0.2, 0) is 9.59 Å². The Labute approximate surface area is 188 Å². The monoisotopic (exact) mass is 477 g/mol. The van der Waals surface area contributed by atoms with Gasteiger partial charge in [0.15, 0.2) is 8.68 Å². The summed E-state index contributed by atoms with van der Waals surface area (Å²) in [7, 11) is 0. The van der Waals surface area contributed by atoms with Crippen LogP contribution in [0.1, 0.15) is 15.6 Å². The number of nitrogens with one attached hydrogen (secondary N) is 2. The molecular formula is C17H15N7O2S4. The van der Waals surface area contributed by atoms with Crippen LogP contribution in [0.3, 0.4) is 0 Å². The van der Waals surface area contributed by atoms with Crippen molar-refractivity contribution in [2.24, 2.45) is 0 Å². The van der Waals surface area contributed by atoms with Crippen molar-refractivity contribution in [2.45, 2.75) is 22.5 Å². The molecule has 0 aliphatic heterocycles. The van der Waals surface area contributed by atoms with Crippen molar-refractivity contribution < 1.29 is 9.59 Å². The maximum Gasteiger partial charge on any atom is 0.234 e. The number of nitrogens with zero attached hydrogens (tertiary/aromatic N) is 5. The largest absolute Gasteiger partial charge is 0.325 e. The van der Waals surface area contributed by atoms with Crippen LogP contribution in [0.25, 0.3) is 0 Å². The third-order valence-electron chi connectivity index (χ3n) is 3.37. The molecule has 2 aromatic heterocycles. The van der Waals surface area contributed by atoms with Gasteiger partial charge in [0.2, 0.25) is 11.8 Å². The highest BCUT2D eigenvalue weighted by Gasteiger charge is 2.12. The van der Waals surface area contributed by atoms with Crippen LogP contribution < -0.4 is 10.6 Å². The second-order valence-corrected chi connectivity index (χ2v) is 10.5. The van der Waals surface area contributed by atoms with Crippen LogP contribution >= 0.6 is 46.2 Å². The highest BCUT2D eigenvalue weighted by Crippen LogP contribution is 2.25. The van der Waals surface area contributed by atoms with E-state index in [0.717, 1.165) is 14.4 Å². The lowest BCUT2D eigenvalue weighted by atomic mass is 10.1. The first-order chi connectivity index (χ1) is 14.4. The van der Waals surface area contributed by atoms with E-state index >= 15 is 0 Å². The van der Waals surface area contributed by atoms with Gasteiger partial charge in [0.05, 0.1) is 22.8 Å². The Bertz CT molecular complexity index is 1110. The van der Waals surface area contributed by atoms with Crippen LogP contribution in [0.4, 0.5) is 11.4 Å². The molecule has 2 heterocycles. The Hall–Kier alpha value is -2.53. The van der Waals surface area contributed by atoms with Gasteiger partial charge in [0, 0.05) is 5.69 Å². The van der Waals surface area contributed by atoms with Crippen LogP contribution in [0.15, 0.2) is 26.9 Å². The molecule has 3 rings (SSSR count). The number of aryl methyl sites for hydroxylation is 2. The molecule has 2 N–H and O–H groups in total.